The van der Waals surface area contributed by atoms with Crippen molar-refractivity contribution in [1.29, 1.82) is 0 Å². The molecular weight excluding hydrogens is 226 g/mol. The lowest BCUT2D eigenvalue weighted by Crippen LogP contribution is -2.09. The van der Waals surface area contributed by atoms with Crippen LogP contribution in [0.1, 0.15) is 11.4 Å². The maximum absolute atomic E-state index is 13.3. The molecule has 1 N–H and O–H groups in total. The molecule has 0 aliphatic heterocycles. The van der Waals surface area contributed by atoms with Gasteiger partial charge in [0.25, 0.3) is 0 Å². The number of carbonyl (C=O) groups excluding carboxylic acids is 1. The molecule has 0 amide bonds. The molecule has 17 heavy (non-hydrogen) atoms. The molecule has 2 rings (SSSR count). The Bertz CT molecular complexity index is 523. The van der Waals surface area contributed by atoms with Crippen LogP contribution in [0.2, 0.25) is 0 Å². The van der Waals surface area contributed by atoms with Crippen LogP contribution in [0, 0.1) is 11.6 Å². The number of hydrogen-bond donors (Lipinski definition) is 1. The molecular formula is C12H10F2N2O. The summed E-state index contributed by atoms with van der Waals surface area (Å²) in [6.45, 7) is 0. The van der Waals surface area contributed by atoms with Crippen LogP contribution < -0.4 is 0 Å². The zero-order valence-electron chi connectivity index (χ0n) is 8.91. The van der Waals surface area contributed by atoms with E-state index in [0.717, 1.165) is 12.1 Å². The minimum Gasteiger partial charge on any atom is -0.348 e. The molecule has 1 aromatic carbocycles. The normalized spacial score (nSPS) is 10.5. The van der Waals surface area contributed by atoms with Gasteiger partial charge in [0, 0.05) is 24.9 Å². The van der Waals surface area contributed by atoms with Gasteiger partial charge in [-0.1, -0.05) is 6.07 Å². The molecule has 0 spiro atoms. The summed E-state index contributed by atoms with van der Waals surface area (Å²) < 4.78 is 25.9. The number of nitrogens with zero attached hydrogens (tertiary/aromatic N) is 1. The standard InChI is InChI=1S/C12H10F2N2O/c13-9-2-1-8(11(14)6-9)5-10(17)7-12-15-3-4-16-12/h1-4,6H,5,7H2,(H,15,16). The van der Waals surface area contributed by atoms with Gasteiger partial charge in [0.1, 0.15) is 23.2 Å². The number of ketones is 1. The SMILES string of the molecule is O=C(Cc1ncc[nH]1)Cc1ccc(F)cc1F. The Kier molecular flexibility index (Phi) is 3.27. The number of carbonyl (C=O) groups is 1. The molecule has 0 radical (unpaired) electrons. The van der Waals surface area contributed by atoms with Gasteiger partial charge >= 0.3 is 0 Å². The van der Waals surface area contributed by atoms with Crippen molar-refractivity contribution in [2.45, 2.75) is 12.8 Å². The summed E-state index contributed by atoms with van der Waals surface area (Å²) in [5.74, 6) is -0.981. The van der Waals surface area contributed by atoms with Crippen molar-refractivity contribution in [2.75, 3.05) is 0 Å². The number of imidazole rings is 1. The molecule has 2 aromatic rings. The molecule has 0 unspecified atom stereocenters. The average molecular weight is 236 g/mol. The van der Waals surface area contributed by atoms with E-state index in [1.807, 2.05) is 0 Å². The summed E-state index contributed by atoms with van der Waals surface area (Å²) in [6.07, 6.45) is 3.21. The van der Waals surface area contributed by atoms with E-state index in [0.29, 0.717) is 5.82 Å². The van der Waals surface area contributed by atoms with Crippen molar-refractivity contribution < 1.29 is 13.6 Å². The number of nitrogens with one attached hydrogen (secondary N) is 1. The molecule has 1 heterocycles. The number of hydrogen-bond acceptors (Lipinski definition) is 2. The van der Waals surface area contributed by atoms with Crippen LogP contribution in [0.5, 0.6) is 0 Å². The van der Waals surface area contributed by atoms with E-state index in [2.05, 4.69) is 9.97 Å². The Hall–Kier alpha value is -2.04. The fourth-order valence-electron chi connectivity index (χ4n) is 1.52. The van der Waals surface area contributed by atoms with Gasteiger partial charge in [-0.15, -0.1) is 0 Å². The van der Waals surface area contributed by atoms with E-state index in [9.17, 15) is 13.6 Å². The van der Waals surface area contributed by atoms with Crippen molar-refractivity contribution in [3.63, 3.8) is 0 Å². The number of aromatic nitrogens is 2. The van der Waals surface area contributed by atoms with Gasteiger partial charge in [-0.05, 0) is 11.6 Å². The predicted octanol–water partition coefficient (Wildman–Crippen LogP) is 2.04. The number of aromatic amines is 1. The average Bonchev–Trinajstić information content (AvgIpc) is 2.75. The fraction of sp³-hybridized carbons (Fsp3) is 0.167. The van der Waals surface area contributed by atoms with Crippen molar-refractivity contribution in [3.8, 4) is 0 Å². The van der Waals surface area contributed by atoms with Crippen LogP contribution in [0.15, 0.2) is 30.6 Å². The van der Waals surface area contributed by atoms with Crippen molar-refractivity contribution in [1.82, 2.24) is 9.97 Å². The molecule has 0 fully saturated rings. The molecule has 0 bridgehead atoms. The van der Waals surface area contributed by atoms with E-state index in [1.165, 1.54) is 6.07 Å². The lowest BCUT2D eigenvalue weighted by atomic mass is 10.1. The van der Waals surface area contributed by atoms with Crippen molar-refractivity contribution in [2.24, 2.45) is 0 Å². The van der Waals surface area contributed by atoms with Crippen LogP contribution >= 0.6 is 0 Å². The maximum atomic E-state index is 13.3. The monoisotopic (exact) mass is 236 g/mol. The number of H-pyrrole nitrogens is 1. The lowest BCUT2D eigenvalue weighted by molar-refractivity contribution is -0.117. The largest absolute Gasteiger partial charge is 0.348 e. The summed E-state index contributed by atoms with van der Waals surface area (Å²) in [7, 11) is 0. The van der Waals surface area contributed by atoms with E-state index < -0.39 is 11.6 Å². The van der Waals surface area contributed by atoms with E-state index >= 15 is 0 Å². The predicted molar refractivity (Wildman–Crippen MR) is 57.4 cm³/mol. The van der Waals surface area contributed by atoms with Crippen LogP contribution in [0.4, 0.5) is 8.78 Å². The molecule has 1 aromatic heterocycles. The molecule has 0 aliphatic carbocycles. The van der Waals surface area contributed by atoms with E-state index in [-0.39, 0.29) is 24.2 Å². The highest BCUT2D eigenvalue weighted by Crippen LogP contribution is 2.11. The first-order chi connectivity index (χ1) is 8.15. The number of halogens is 2. The van der Waals surface area contributed by atoms with Crippen LogP contribution in [-0.4, -0.2) is 15.8 Å². The third-order valence-corrected chi connectivity index (χ3v) is 2.32. The lowest BCUT2D eigenvalue weighted by Gasteiger charge is -2.02. The highest BCUT2D eigenvalue weighted by atomic mass is 19.1. The van der Waals surface area contributed by atoms with Crippen LogP contribution in [-0.2, 0) is 17.6 Å². The van der Waals surface area contributed by atoms with Gasteiger partial charge < -0.3 is 4.98 Å². The van der Waals surface area contributed by atoms with Gasteiger partial charge in [0.05, 0.1) is 6.42 Å². The fourth-order valence-corrected chi connectivity index (χ4v) is 1.52. The second-order valence-corrected chi connectivity index (χ2v) is 3.66. The molecule has 0 saturated heterocycles. The Morgan fingerprint density at radius 2 is 2.12 bits per heavy atom. The molecule has 0 saturated carbocycles. The molecule has 88 valence electrons. The summed E-state index contributed by atoms with van der Waals surface area (Å²) in [4.78, 5) is 18.3. The number of benzene rings is 1. The quantitative estimate of drug-likeness (QED) is 0.882. The first kappa shape index (κ1) is 11.4. The summed E-state index contributed by atoms with van der Waals surface area (Å²) in [6, 6.07) is 3.19. The van der Waals surface area contributed by atoms with Crippen molar-refractivity contribution in [3.05, 3.63) is 53.6 Å². The summed E-state index contributed by atoms with van der Waals surface area (Å²) in [5, 5.41) is 0. The first-order valence-electron chi connectivity index (χ1n) is 5.09. The third kappa shape index (κ3) is 2.96. The van der Waals surface area contributed by atoms with Crippen LogP contribution in [0.25, 0.3) is 0 Å². The topological polar surface area (TPSA) is 45.8 Å². The Labute approximate surface area is 96.5 Å². The minimum absolute atomic E-state index is 0.0627. The van der Waals surface area contributed by atoms with Crippen molar-refractivity contribution >= 4 is 5.78 Å². The molecule has 0 atom stereocenters. The second kappa shape index (κ2) is 4.86. The highest BCUT2D eigenvalue weighted by Gasteiger charge is 2.10. The van der Waals surface area contributed by atoms with Crippen LogP contribution in [0.3, 0.4) is 0 Å². The van der Waals surface area contributed by atoms with Gasteiger partial charge in [-0.25, -0.2) is 13.8 Å². The van der Waals surface area contributed by atoms with Gasteiger partial charge in [0.15, 0.2) is 0 Å². The Morgan fingerprint density at radius 1 is 1.29 bits per heavy atom. The van der Waals surface area contributed by atoms with Gasteiger partial charge in [-0.3, -0.25) is 4.79 Å². The first-order valence-corrected chi connectivity index (χ1v) is 5.09. The van der Waals surface area contributed by atoms with E-state index in [1.54, 1.807) is 12.4 Å². The highest BCUT2D eigenvalue weighted by molar-refractivity contribution is 5.82. The number of Topliss-reactive ketones (excluding diaryl/α,β-unsaturated/α-hetero) is 1. The minimum atomic E-state index is -0.696. The third-order valence-electron chi connectivity index (χ3n) is 2.32. The molecule has 3 nitrogen and oxygen atoms in total. The van der Waals surface area contributed by atoms with E-state index in [4.69, 9.17) is 0 Å². The Balaban J connectivity index is 2.03. The zero-order chi connectivity index (χ0) is 12.3. The van der Waals surface area contributed by atoms with Gasteiger partial charge in [-0.2, -0.15) is 0 Å². The molecule has 5 heteroatoms. The summed E-state index contributed by atoms with van der Waals surface area (Å²) >= 11 is 0. The smallest absolute Gasteiger partial charge is 0.144 e. The molecule has 0 aliphatic rings. The van der Waals surface area contributed by atoms with Gasteiger partial charge in [0.2, 0.25) is 0 Å². The second-order valence-electron chi connectivity index (χ2n) is 3.66. The zero-order valence-corrected chi connectivity index (χ0v) is 8.91. The number of rotatable bonds is 4. The summed E-state index contributed by atoms with van der Waals surface area (Å²) in [5.41, 5.74) is 0.197. The maximum Gasteiger partial charge on any atom is 0.144 e. The Morgan fingerprint density at radius 3 is 2.76 bits per heavy atom.